The molecule has 0 bridgehead atoms. The third-order valence-corrected chi connectivity index (χ3v) is 19.7. The van der Waals surface area contributed by atoms with Gasteiger partial charge in [-0.25, -0.2) is 0 Å². The number of fused-ring (bicyclic) bond motifs is 4. The van der Waals surface area contributed by atoms with Gasteiger partial charge in [0.2, 0.25) is 0 Å². The molecule has 0 fully saturated rings. The quantitative estimate of drug-likeness (QED) is 0.102. The van der Waals surface area contributed by atoms with Gasteiger partial charge in [0.1, 0.15) is 0 Å². The molecule has 18 rings (SSSR count). The third kappa shape index (κ3) is 10.6. The summed E-state index contributed by atoms with van der Waals surface area (Å²) in [7, 11) is 0. The second-order valence-corrected chi connectivity index (χ2v) is 25.5. The molecule has 0 aliphatic rings. The fraction of sp³-hybridized carbons (Fsp3) is 0. The molecule has 0 atom stereocenters. The maximum atomic E-state index is 2.48. The van der Waals surface area contributed by atoms with Gasteiger partial charge in [0.15, 0.2) is 0 Å². The fourth-order valence-corrected chi connectivity index (χ4v) is 15.2. The molecule has 2 heterocycles. The molecule has 0 radical (unpaired) electrons. The topological polar surface area (TPSA) is 16.3 Å². The first-order chi connectivity index (χ1) is 49.7. The molecule has 0 unspecified atom stereocenters. The van der Waals surface area contributed by atoms with Crippen LogP contribution in [0, 0.1) is 0 Å². The van der Waals surface area contributed by atoms with Crippen molar-refractivity contribution < 1.29 is 0 Å². The predicted octanol–water partition coefficient (Wildman–Crippen LogP) is 26.5. The molecule has 4 heteroatoms. The molecular weight excluding hydrogens is 1210 g/mol. The monoisotopic (exact) mass is 1270 g/mol. The Hall–Kier alpha value is -13.3. The zero-order chi connectivity index (χ0) is 66.3. The molecule has 0 amide bonds. The van der Waals surface area contributed by atoms with Crippen LogP contribution in [0.1, 0.15) is 0 Å². The summed E-state index contributed by atoms with van der Waals surface area (Å²) in [5.41, 5.74) is 27.2. The van der Waals surface area contributed by atoms with Crippen LogP contribution in [0.3, 0.4) is 0 Å². The zero-order valence-electron chi connectivity index (χ0n) is 54.9. The second kappa shape index (κ2) is 25.7. The van der Waals surface area contributed by atoms with Crippen molar-refractivity contribution in [3.05, 3.63) is 400 Å². The molecule has 100 heavy (non-hydrogen) atoms. The summed E-state index contributed by atoms with van der Waals surface area (Å²) in [6.45, 7) is 0. The first-order valence-corrected chi connectivity index (χ1v) is 34.3. The molecule has 0 spiro atoms. The van der Waals surface area contributed by atoms with Crippen LogP contribution < -0.4 is 9.80 Å². The van der Waals surface area contributed by atoms with E-state index in [0.717, 1.165) is 101 Å². The molecule has 2 aromatic heterocycles. The minimum atomic E-state index is 1.06. The number of benzene rings is 16. The summed E-state index contributed by atoms with van der Waals surface area (Å²) < 4.78 is 4.96. The molecule has 0 aliphatic carbocycles. The summed E-state index contributed by atoms with van der Waals surface area (Å²) >= 11 is 0. The lowest BCUT2D eigenvalue weighted by atomic mass is 9.94. The summed E-state index contributed by atoms with van der Waals surface area (Å²) in [6.07, 6.45) is 0. The number of hydrogen-bond acceptors (Lipinski definition) is 2. The molecule has 16 aromatic carbocycles. The SMILES string of the molecule is c1ccc(-c2ccc(N(c3ccccc3)c3ccc(-n4c(-c5ccccc5)c(-c5ccccc5)c5cc(-c6ccc7c(c6)c(-c6ccccc6)c(-c6ccccc6)n7-c6ccc(N(c7ccccc7)c7ccc(-c8ccccc8)c8ccccc78)cc6)ccc54)cc3)c3ccccc23)cc1. The molecule has 18 aromatic rings. The second-order valence-electron chi connectivity index (χ2n) is 25.5. The lowest BCUT2D eigenvalue weighted by Gasteiger charge is -2.28. The lowest BCUT2D eigenvalue weighted by Crippen LogP contribution is -2.11. The largest absolute Gasteiger partial charge is 0.310 e. The van der Waals surface area contributed by atoms with Crippen LogP contribution in [0.15, 0.2) is 400 Å². The van der Waals surface area contributed by atoms with Crippen LogP contribution in [-0.4, -0.2) is 9.13 Å². The van der Waals surface area contributed by atoms with E-state index in [0.29, 0.717) is 0 Å². The zero-order valence-corrected chi connectivity index (χ0v) is 54.9. The number of hydrogen-bond donors (Lipinski definition) is 0. The summed E-state index contributed by atoms with van der Waals surface area (Å²) in [5, 5.41) is 7.11. The maximum absolute atomic E-state index is 2.48. The molecule has 470 valence electrons. The highest BCUT2D eigenvalue weighted by molar-refractivity contribution is 6.12. The number of para-hydroxylation sites is 2. The lowest BCUT2D eigenvalue weighted by molar-refractivity contribution is 1.13. The van der Waals surface area contributed by atoms with Gasteiger partial charge in [0, 0.05) is 66.8 Å². The van der Waals surface area contributed by atoms with Crippen molar-refractivity contribution in [3.63, 3.8) is 0 Å². The molecule has 0 saturated heterocycles. The Bertz CT molecular complexity index is 5580. The van der Waals surface area contributed by atoms with Gasteiger partial charge in [-0.15, -0.1) is 0 Å². The predicted molar refractivity (Wildman–Crippen MR) is 423 cm³/mol. The number of rotatable bonds is 15. The molecule has 4 nitrogen and oxygen atoms in total. The van der Waals surface area contributed by atoms with Crippen molar-refractivity contribution >= 4 is 77.5 Å². The van der Waals surface area contributed by atoms with Gasteiger partial charge in [-0.3, -0.25) is 0 Å². The molecule has 0 saturated carbocycles. The molecule has 0 aliphatic heterocycles. The Balaban J connectivity index is 0.792. The van der Waals surface area contributed by atoms with Crippen LogP contribution in [0.5, 0.6) is 0 Å². The maximum Gasteiger partial charge on any atom is 0.0619 e. The Morgan fingerprint density at radius 1 is 0.180 bits per heavy atom. The van der Waals surface area contributed by atoms with Gasteiger partial charge in [0.25, 0.3) is 0 Å². The Labute approximate surface area is 582 Å². The minimum absolute atomic E-state index is 1.06. The highest BCUT2D eigenvalue weighted by Crippen LogP contribution is 2.50. The Morgan fingerprint density at radius 3 is 0.800 bits per heavy atom. The molecular formula is C96H66N4. The first kappa shape index (κ1) is 59.2. The normalized spacial score (nSPS) is 11.4. The van der Waals surface area contributed by atoms with Gasteiger partial charge >= 0.3 is 0 Å². The average molecular weight is 1280 g/mol. The van der Waals surface area contributed by atoms with Gasteiger partial charge in [0.05, 0.1) is 33.8 Å². The van der Waals surface area contributed by atoms with E-state index in [4.69, 9.17) is 0 Å². The average Bonchev–Trinajstić information content (AvgIpc) is 1.56. The summed E-state index contributed by atoms with van der Waals surface area (Å²) in [5.74, 6) is 0. The van der Waals surface area contributed by atoms with Crippen LogP contribution >= 0.6 is 0 Å². The van der Waals surface area contributed by atoms with E-state index in [-0.39, 0.29) is 0 Å². The Morgan fingerprint density at radius 2 is 0.460 bits per heavy atom. The standard InChI is InChI=1S/C96H66N4/c1-9-29-67(30-10-1)81-59-63-89(85-47-27-25-45-83(81)85)97(75-41-21-7-22-42-75)77-51-55-79(56-52-77)99-91-61-49-73(65-87(91)93(69-33-13-3-14-34-69)95(99)71-37-17-5-18-38-71)74-50-62-92-88(66-74)94(70-35-15-4-16-36-70)96(72-39-19-6-20-40-72)100(92)80-57-53-78(54-58-80)98(76-43-23-8-24-44-76)90-64-60-82(68-31-11-2-12-32-68)84-46-26-28-48-86(84)90/h1-66H. The van der Waals surface area contributed by atoms with E-state index in [2.05, 4.69) is 419 Å². The third-order valence-electron chi connectivity index (χ3n) is 19.7. The van der Waals surface area contributed by atoms with Gasteiger partial charge in [-0.2, -0.15) is 0 Å². The van der Waals surface area contributed by atoms with Crippen molar-refractivity contribution in [3.8, 4) is 89.5 Å². The minimum Gasteiger partial charge on any atom is -0.310 e. The van der Waals surface area contributed by atoms with Crippen LogP contribution in [0.2, 0.25) is 0 Å². The van der Waals surface area contributed by atoms with E-state index in [1.807, 2.05) is 0 Å². The van der Waals surface area contributed by atoms with Gasteiger partial charge < -0.3 is 18.9 Å². The van der Waals surface area contributed by atoms with E-state index in [9.17, 15) is 0 Å². The highest BCUT2D eigenvalue weighted by atomic mass is 15.2. The number of aromatic nitrogens is 2. The van der Waals surface area contributed by atoms with E-state index >= 15 is 0 Å². The van der Waals surface area contributed by atoms with Crippen LogP contribution in [0.25, 0.3) is 133 Å². The first-order valence-electron chi connectivity index (χ1n) is 34.3. The van der Waals surface area contributed by atoms with Crippen molar-refractivity contribution in [2.75, 3.05) is 9.80 Å². The summed E-state index contributed by atoms with van der Waals surface area (Å²) in [4.78, 5) is 4.80. The highest BCUT2D eigenvalue weighted by Gasteiger charge is 2.27. The van der Waals surface area contributed by atoms with E-state index in [1.54, 1.807) is 0 Å². The number of anilines is 6. The van der Waals surface area contributed by atoms with E-state index in [1.165, 1.54) is 65.7 Å². The summed E-state index contributed by atoms with van der Waals surface area (Å²) in [6, 6.07) is 146. The van der Waals surface area contributed by atoms with Crippen molar-refractivity contribution in [1.29, 1.82) is 0 Å². The van der Waals surface area contributed by atoms with Crippen molar-refractivity contribution in [1.82, 2.24) is 9.13 Å². The van der Waals surface area contributed by atoms with Crippen molar-refractivity contribution in [2.45, 2.75) is 0 Å². The van der Waals surface area contributed by atoms with Crippen LogP contribution in [-0.2, 0) is 0 Å². The number of nitrogens with zero attached hydrogens (tertiary/aromatic N) is 4. The molecule has 0 N–H and O–H groups in total. The fourth-order valence-electron chi connectivity index (χ4n) is 15.2. The smallest absolute Gasteiger partial charge is 0.0619 e. The van der Waals surface area contributed by atoms with Gasteiger partial charge in [-0.1, -0.05) is 291 Å². The van der Waals surface area contributed by atoms with Crippen molar-refractivity contribution in [2.24, 2.45) is 0 Å². The van der Waals surface area contributed by atoms with E-state index < -0.39 is 0 Å². The van der Waals surface area contributed by atoms with Gasteiger partial charge in [-0.05, 0) is 176 Å². The van der Waals surface area contributed by atoms with Crippen LogP contribution in [0.4, 0.5) is 34.1 Å². The Kier molecular flexibility index (Phi) is 15.2.